The van der Waals surface area contributed by atoms with E-state index in [9.17, 15) is 19.8 Å². The standard InChI is InChI=1S/C49H46N6O4S2/c56-42-19-17-32(26-36(42)40-28-38(34-13-5-1-6-14-34)50-46(52-40)54-44(58)30-60-48(54)21-9-3-10-22-48)25-33-18-20-43(57)37(27-33)41-29-39(35-15-7-2-8-16-35)51-47(53-41)55-45(59)31-61-49(55)23-11-4-12-24-49/h1-2,5-8,13-20,26-29,56-57H,3-4,9-12,21-25,30-31H2. The maximum Gasteiger partial charge on any atom is 0.240 e. The predicted molar refractivity (Wildman–Crippen MR) is 243 cm³/mol. The summed E-state index contributed by atoms with van der Waals surface area (Å²) < 4.78 is 0. The minimum atomic E-state index is -0.366. The number of benzene rings is 4. The second-order valence-corrected chi connectivity index (χ2v) is 19.2. The van der Waals surface area contributed by atoms with Crippen LogP contribution in [0.3, 0.4) is 0 Å². The lowest BCUT2D eigenvalue weighted by Gasteiger charge is -2.39. The van der Waals surface area contributed by atoms with Crippen molar-refractivity contribution < 1.29 is 19.8 Å². The van der Waals surface area contributed by atoms with Gasteiger partial charge in [0.05, 0.1) is 44.0 Å². The summed E-state index contributed by atoms with van der Waals surface area (Å²) >= 11 is 3.40. The molecule has 4 heterocycles. The number of thioether (sulfide) groups is 2. The van der Waals surface area contributed by atoms with Gasteiger partial charge >= 0.3 is 0 Å². The molecule has 2 saturated carbocycles. The summed E-state index contributed by atoms with van der Waals surface area (Å²) in [4.78, 5) is 50.3. The van der Waals surface area contributed by atoms with Gasteiger partial charge in [-0.05, 0) is 79.6 Å². The molecule has 12 heteroatoms. The van der Waals surface area contributed by atoms with E-state index >= 15 is 0 Å². The Balaban J connectivity index is 1.02. The van der Waals surface area contributed by atoms with E-state index in [1.807, 2.05) is 107 Å². The summed E-state index contributed by atoms with van der Waals surface area (Å²) in [5, 5.41) is 22.8. The van der Waals surface area contributed by atoms with Gasteiger partial charge in [-0.1, -0.05) is 111 Å². The molecular weight excluding hydrogens is 801 g/mol. The van der Waals surface area contributed by atoms with Crippen LogP contribution in [-0.2, 0) is 16.0 Å². The molecule has 10 rings (SSSR count). The van der Waals surface area contributed by atoms with Gasteiger partial charge < -0.3 is 10.2 Å². The third-order valence-corrected chi connectivity index (χ3v) is 15.6. The molecule has 4 fully saturated rings. The Morgan fingerprint density at radius 3 is 1.30 bits per heavy atom. The Labute approximate surface area is 363 Å². The average Bonchev–Trinajstić information content (AvgIpc) is 3.79. The highest BCUT2D eigenvalue weighted by molar-refractivity contribution is 8.02. The molecule has 2 N–H and O–H groups in total. The monoisotopic (exact) mass is 846 g/mol. The number of carbonyl (C=O) groups is 2. The van der Waals surface area contributed by atoms with Gasteiger partial charge in [0.15, 0.2) is 0 Å². The molecule has 2 aliphatic carbocycles. The lowest BCUT2D eigenvalue weighted by Crippen LogP contribution is -2.46. The molecule has 4 aliphatic rings. The van der Waals surface area contributed by atoms with Crippen LogP contribution in [0.25, 0.3) is 45.0 Å². The summed E-state index contributed by atoms with van der Waals surface area (Å²) in [5.74, 6) is 1.67. The predicted octanol–water partition coefficient (Wildman–Crippen LogP) is 10.4. The van der Waals surface area contributed by atoms with E-state index in [4.69, 9.17) is 19.9 Å². The zero-order valence-electron chi connectivity index (χ0n) is 33.8. The highest BCUT2D eigenvalue weighted by Crippen LogP contribution is 2.50. The molecule has 0 bridgehead atoms. The van der Waals surface area contributed by atoms with Gasteiger partial charge in [-0.15, -0.1) is 23.5 Å². The van der Waals surface area contributed by atoms with Crippen LogP contribution in [0, 0.1) is 0 Å². The van der Waals surface area contributed by atoms with Crippen LogP contribution in [0.5, 0.6) is 11.5 Å². The van der Waals surface area contributed by atoms with Crippen molar-refractivity contribution in [1.82, 2.24) is 19.9 Å². The van der Waals surface area contributed by atoms with Crippen LogP contribution in [0.15, 0.2) is 109 Å². The van der Waals surface area contributed by atoms with Crippen LogP contribution in [0.1, 0.15) is 75.3 Å². The first kappa shape index (κ1) is 39.4. The van der Waals surface area contributed by atoms with Crippen molar-refractivity contribution in [2.45, 2.75) is 80.4 Å². The van der Waals surface area contributed by atoms with E-state index in [2.05, 4.69) is 0 Å². The number of anilines is 2. The van der Waals surface area contributed by atoms with E-state index in [1.54, 1.807) is 35.7 Å². The molecule has 2 saturated heterocycles. The first-order valence-electron chi connectivity index (χ1n) is 21.3. The third-order valence-electron chi connectivity index (χ3n) is 12.6. The van der Waals surface area contributed by atoms with Gasteiger partial charge in [-0.2, -0.15) is 0 Å². The van der Waals surface area contributed by atoms with Crippen molar-refractivity contribution in [2.24, 2.45) is 0 Å². The molecule has 10 nitrogen and oxygen atoms in total. The SMILES string of the molecule is O=C1CSC2(CCCCC2)N1c1nc(-c2ccccc2)cc(-c2cc(Cc3ccc(O)c(-c4cc(-c5ccccc5)nc(N5C(=O)CSC56CCCCC6)n4)c3)ccc2O)n1. The third kappa shape index (κ3) is 7.54. The first-order valence-corrected chi connectivity index (χ1v) is 23.2. The number of rotatable bonds is 8. The fraction of sp³-hybridized carbons (Fsp3) is 0.306. The molecule has 0 radical (unpaired) electrons. The summed E-state index contributed by atoms with van der Waals surface area (Å²) in [7, 11) is 0. The molecule has 61 heavy (non-hydrogen) atoms. The quantitative estimate of drug-likeness (QED) is 0.153. The zero-order chi connectivity index (χ0) is 41.6. The number of aromatic nitrogens is 4. The summed E-state index contributed by atoms with van der Waals surface area (Å²) in [6.07, 6.45) is 10.6. The summed E-state index contributed by atoms with van der Waals surface area (Å²) in [6.45, 7) is 0. The lowest BCUT2D eigenvalue weighted by molar-refractivity contribution is -0.117. The Morgan fingerprint density at radius 2 is 0.885 bits per heavy atom. The van der Waals surface area contributed by atoms with E-state index < -0.39 is 0 Å². The number of phenolic OH excluding ortho intramolecular Hbond substituents is 2. The number of hydrogen-bond acceptors (Lipinski definition) is 10. The van der Waals surface area contributed by atoms with Gasteiger partial charge in [0, 0.05) is 22.3 Å². The molecule has 4 aromatic carbocycles. The molecule has 2 aliphatic heterocycles. The van der Waals surface area contributed by atoms with Crippen LogP contribution in [0.2, 0.25) is 0 Å². The normalized spacial score (nSPS) is 18.4. The second-order valence-electron chi connectivity index (χ2n) is 16.5. The largest absolute Gasteiger partial charge is 0.507 e. The van der Waals surface area contributed by atoms with Crippen LogP contribution >= 0.6 is 23.5 Å². The molecular formula is C49H46N6O4S2. The lowest BCUT2D eigenvalue weighted by atomic mass is 9.93. The van der Waals surface area contributed by atoms with Crippen molar-refractivity contribution in [3.63, 3.8) is 0 Å². The fourth-order valence-electron chi connectivity index (χ4n) is 9.53. The minimum absolute atomic E-state index is 0.00952. The van der Waals surface area contributed by atoms with E-state index in [-0.39, 0.29) is 33.1 Å². The summed E-state index contributed by atoms with van der Waals surface area (Å²) in [6, 6.07) is 34.5. The van der Waals surface area contributed by atoms with Crippen molar-refractivity contribution in [2.75, 3.05) is 21.3 Å². The molecule has 2 spiro atoms. The Kier molecular flexibility index (Phi) is 10.5. The molecule has 308 valence electrons. The van der Waals surface area contributed by atoms with E-state index in [0.717, 1.165) is 86.5 Å². The van der Waals surface area contributed by atoms with Gasteiger partial charge in [-0.3, -0.25) is 19.4 Å². The Hall–Kier alpha value is -5.72. The van der Waals surface area contributed by atoms with E-state index in [0.29, 0.717) is 63.7 Å². The topological polar surface area (TPSA) is 133 Å². The van der Waals surface area contributed by atoms with Gasteiger partial charge in [0.2, 0.25) is 23.7 Å². The molecule has 2 aromatic heterocycles. The fourth-order valence-corrected chi connectivity index (χ4v) is 12.4. The smallest absolute Gasteiger partial charge is 0.240 e. The van der Waals surface area contributed by atoms with Crippen molar-refractivity contribution in [3.05, 3.63) is 120 Å². The number of hydrogen-bond donors (Lipinski definition) is 2. The number of amides is 2. The number of aromatic hydroxyl groups is 2. The molecule has 6 aromatic rings. The summed E-state index contributed by atoms with van der Waals surface area (Å²) in [5.41, 5.74) is 7.07. The number of nitrogens with zero attached hydrogens (tertiary/aromatic N) is 6. The van der Waals surface area contributed by atoms with Crippen LogP contribution in [-0.4, -0.2) is 63.2 Å². The van der Waals surface area contributed by atoms with Gasteiger partial charge in [-0.25, -0.2) is 19.9 Å². The maximum atomic E-state index is 13.6. The van der Waals surface area contributed by atoms with Crippen molar-refractivity contribution in [3.8, 4) is 56.5 Å². The minimum Gasteiger partial charge on any atom is -0.507 e. The van der Waals surface area contributed by atoms with Gasteiger partial charge in [0.1, 0.15) is 11.5 Å². The number of carbonyl (C=O) groups excluding carboxylic acids is 2. The highest BCUT2D eigenvalue weighted by atomic mass is 32.2. The Bertz CT molecular complexity index is 2450. The van der Waals surface area contributed by atoms with Gasteiger partial charge in [0.25, 0.3) is 0 Å². The molecule has 0 unspecified atom stereocenters. The second kappa shape index (κ2) is 16.3. The average molecular weight is 847 g/mol. The van der Waals surface area contributed by atoms with E-state index in [1.165, 1.54) is 0 Å². The molecule has 0 atom stereocenters. The Morgan fingerprint density at radius 1 is 0.492 bits per heavy atom. The number of phenols is 2. The van der Waals surface area contributed by atoms with Crippen molar-refractivity contribution >= 4 is 47.2 Å². The first-order chi connectivity index (χ1) is 29.8. The van der Waals surface area contributed by atoms with Crippen molar-refractivity contribution in [1.29, 1.82) is 0 Å². The van der Waals surface area contributed by atoms with Crippen LogP contribution < -0.4 is 9.80 Å². The molecule has 2 amide bonds. The maximum absolute atomic E-state index is 13.6. The zero-order valence-corrected chi connectivity index (χ0v) is 35.4. The highest BCUT2D eigenvalue weighted by Gasteiger charge is 2.50. The van der Waals surface area contributed by atoms with Crippen LogP contribution in [0.4, 0.5) is 11.9 Å².